The van der Waals surface area contributed by atoms with Crippen LogP contribution in [-0.2, 0) is 7.05 Å². The lowest BCUT2D eigenvalue weighted by atomic mass is 10.1. The lowest BCUT2D eigenvalue weighted by Gasteiger charge is -2.18. The molecule has 0 saturated carbocycles. The van der Waals surface area contributed by atoms with Gasteiger partial charge in [-0.3, -0.25) is 14.4 Å². The Balaban J connectivity index is 1.88. The SMILES string of the molecule is Cn1nc(C(=O)Nc2ccc(Cl)cc2C(=O)N2CCCC2)ccc1=O. The zero-order valence-corrected chi connectivity index (χ0v) is 14.4. The quantitative estimate of drug-likeness (QED) is 0.906. The lowest BCUT2D eigenvalue weighted by Crippen LogP contribution is -2.29. The summed E-state index contributed by atoms with van der Waals surface area (Å²) in [6, 6.07) is 7.35. The van der Waals surface area contributed by atoms with Gasteiger partial charge in [0.25, 0.3) is 17.4 Å². The number of amides is 2. The number of halogens is 1. The molecule has 2 heterocycles. The minimum atomic E-state index is -0.506. The number of carbonyl (C=O) groups excluding carboxylic acids is 2. The van der Waals surface area contributed by atoms with Crippen LogP contribution in [0.1, 0.15) is 33.7 Å². The van der Waals surface area contributed by atoms with E-state index in [9.17, 15) is 14.4 Å². The molecule has 25 heavy (non-hydrogen) atoms. The monoisotopic (exact) mass is 360 g/mol. The van der Waals surface area contributed by atoms with Crippen LogP contribution in [0.2, 0.25) is 5.02 Å². The number of aromatic nitrogens is 2. The summed E-state index contributed by atoms with van der Waals surface area (Å²) in [6.07, 6.45) is 1.94. The van der Waals surface area contributed by atoms with E-state index in [2.05, 4.69) is 10.4 Å². The summed E-state index contributed by atoms with van der Waals surface area (Å²) in [6.45, 7) is 1.39. The number of carbonyl (C=O) groups is 2. The molecule has 8 heteroatoms. The molecule has 1 fully saturated rings. The van der Waals surface area contributed by atoms with Crippen molar-refractivity contribution in [3.05, 3.63) is 57.0 Å². The molecule has 1 N–H and O–H groups in total. The molecule has 0 aliphatic carbocycles. The van der Waals surface area contributed by atoms with Crippen molar-refractivity contribution < 1.29 is 9.59 Å². The van der Waals surface area contributed by atoms with Crippen LogP contribution in [0.4, 0.5) is 5.69 Å². The Hall–Kier alpha value is -2.67. The van der Waals surface area contributed by atoms with Gasteiger partial charge in [0.1, 0.15) is 5.69 Å². The molecule has 130 valence electrons. The number of hydrogen-bond acceptors (Lipinski definition) is 4. The molecule has 0 unspecified atom stereocenters. The van der Waals surface area contributed by atoms with Crippen molar-refractivity contribution in [3.8, 4) is 0 Å². The first kappa shape index (κ1) is 17.2. The van der Waals surface area contributed by atoms with Crippen molar-refractivity contribution >= 4 is 29.1 Å². The van der Waals surface area contributed by atoms with Gasteiger partial charge in [-0.1, -0.05) is 11.6 Å². The summed E-state index contributed by atoms with van der Waals surface area (Å²) in [4.78, 5) is 38.2. The van der Waals surface area contributed by atoms with Crippen LogP contribution in [0.3, 0.4) is 0 Å². The summed E-state index contributed by atoms with van der Waals surface area (Å²) in [5.41, 5.74) is 0.471. The zero-order valence-electron chi connectivity index (χ0n) is 13.7. The standard InChI is InChI=1S/C17H17ClN4O3/c1-21-15(23)7-6-14(20-21)16(24)19-13-5-4-11(18)10-12(13)17(25)22-8-2-3-9-22/h4-7,10H,2-3,8-9H2,1H3,(H,19,24). The topological polar surface area (TPSA) is 84.3 Å². The van der Waals surface area contributed by atoms with Crippen molar-refractivity contribution in [2.45, 2.75) is 12.8 Å². The molecule has 3 rings (SSSR count). The molecular formula is C17H17ClN4O3. The van der Waals surface area contributed by atoms with Crippen molar-refractivity contribution in [2.75, 3.05) is 18.4 Å². The van der Waals surface area contributed by atoms with E-state index in [-0.39, 0.29) is 17.2 Å². The normalized spacial score (nSPS) is 13.8. The van der Waals surface area contributed by atoms with Gasteiger partial charge in [0.05, 0.1) is 11.3 Å². The largest absolute Gasteiger partial charge is 0.339 e. The maximum Gasteiger partial charge on any atom is 0.276 e. The van der Waals surface area contributed by atoms with Gasteiger partial charge in [0.2, 0.25) is 0 Å². The fourth-order valence-corrected chi connectivity index (χ4v) is 2.87. The number of aryl methyl sites for hydroxylation is 1. The van der Waals surface area contributed by atoms with Gasteiger partial charge in [0, 0.05) is 31.2 Å². The molecule has 7 nitrogen and oxygen atoms in total. The van der Waals surface area contributed by atoms with E-state index in [1.165, 1.54) is 19.2 Å². The summed E-state index contributed by atoms with van der Waals surface area (Å²) in [5.74, 6) is -0.669. The second-order valence-electron chi connectivity index (χ2n) is 5.82. The summed E-state index contributed by atoms with van der Waals surface area (Å²) in [5, 5.41) is 7.01. The molecule has 1 aromatic carbocycles. The molecule has 1 aliphatic heterocycles. The first-order valence-corrected chi connectivity index (χ1v) is 8.28. The lowest BCUT2D eigenvalue weighted by molar-refractivity contribution is 0.0794. The van der Waals surface area contributed by atoms with E-state index >= 15 is 0 Å². The Morgan fingerprint density at radius 1 is 1.16 bits per heavy atom. The Kier molecular flexibility index (Phi) is 4.85. The first-order chi connectivity index (χ1) is 12.0. The zero-order chi connectivity index (χ0) is 18.0. The van der Waals surface area contributed by atoms with E-state index in [0.29, 0.717) is 29.4 Å². The molecule has 2 aromatic rings. The highest BCUT2D eigenvalue weighted by Gasteiger charge is 2.23. The van der Waals surface area contributed by atoms with Crippen molar-refractivity contribution in [1.29, 1.82) is 0 Å². The fourth-order valence-electron chi connectivity index (χ4n) is 2.70. The summed E-state index contributed by atoms with van der Waals surface area (Å²) < 4.78 is 1.08. The predicted molar refractivity (Wildman–Crippen MR) is 94.0 cm³/mol. The Bertz CT molecular complexity index is 888. The Morgan fingerprint density at radius 2 is 1.88 bits per heavy atom. The number of nitrogens with zero attached hydrogens (tertiary/aromatic N) is 3. The molecule has 0 bridgehead atoms. The predicted octanol–water partition coefficient (Wildman–Crippen LogP) is 1.92. The average Bonchev–Trinajstić information content (AvgIpc) is 3.12. The molecular weight excluding hydrogens is 344 g/mol. The van der Waals surface area contributed by atoms with E-state index < -0.39 is 5.91 Å². The van der Waals surface area contributed by atoms with Crippen LogP contribution in [0.5, 0.6) is 0 Å². The third-order valence-corrected chi connectivity index (χ3v) is 4.28. The third kappa shape index (κ3) is 3.71. The van der Waals surface area contributed by atoms with Gasteiger partial charge < -0.3 is 10.2 Å². The van der Waals surface area contributed by atoms with Gasteiger partial charge in [-0.05, 0) is 37.1 Å². The second kappa shape index (κ2) is 7.06. The van der Waals surface area contributed by atoms with Gasteiger partial charge in [-0.2, -0.15) is 5.10 Å². The highest BCUT2D eigenvalue weighted by molar-refractivity contribution is 6.31. The van der Waals surface area contributed by atoms with E-state index in [4.69, 9.17) is 11.6 Å². The van der Waals surface area contributed by atoms with Crippen LogP contribution in [-0.4, -0.2) is 39.6 Å². The fraction of sp³-hybridized carbons (Fsp3) is 0.294. The molecule has 0 atom stereocenters. The molecule has 1 aromatic heterocycles. The van der Waals surface area contributed by atoms with Gasteiger partial charge >= 0.3 is 0 Å². The Morgan fingerprint density at radius 3 is 2.56 bits per heavy atom. The van der Waals surface area contributed by atoms with Gasteiger partial charge in [-0.25, -0.2) is 4.68 Å². The molecule has 0 spiro atoms. The second-order valence-corrected chi connectivity index (χ2v) is 6.26. The number of anilines is 1. The van der Waals surface area contributed by atoms with Crippen LogP contribution >= 0.6 is 11.6 Å². The smallest absolute Gasteiger partial charge is 0.276 e. The van der Waals surface area contributed by atoms with Crippen LogP contribution < -0.4 is 10.9 Å². The molecule has 1 aliphatic rings. The molecule has 1 saturated heterocycles. The minimum absolute atomic E-state index is 0.0802. The average molecular weight is 361 g/mol. The van der Waals surface area contributed by atoms with E-state index in [1.807, 2.05) is 0 Å². The minimum Gasteiger partial charge on any atom is -0.339 e. The van der Waals surface area contributed by atoms with Crippen molar-refractivity contribution in [2.24, 2.45) is 7.05 Å². The first-order valence-electron chi connectivity index (χ1n) is 7.90. The van der Waals surface area contributed by atoms with Gasteiger partial charge in [-0.15, -0.1) is 0 Å². The van der Waals surface area contributed by atoms with Crippen LogP contribution in [0, 0.1) is 0 Å². The van der Waals surface area contributed by atoms with Gasteiger partial charge in [0.15, 0.2) is 0 Å². The van der Waals surface area contributed by atoms with E-state index in [1.54, 1.807) is 23.1 Å². The van der Waals surface area contributed by atoms with E-state index in [0.717, 1.165) is 17.5 Å². The number of nitrogens with one attached hydrogen (secondary N) is 1. The maximum atomic E-state index is 12.7. The number of benzene rings is 1. The Labute approximate surface area is 149 Å². The maximum absolute atomic E-state index is 12.7. The van der Waals surface area contributed by atoms with Crippen LogP contribution in [0.25, 0.3) is 0 Å². The number of likely N-dealkylation sites (tertiary alicyclic amines) is 1. The van der Waals surface area contributed by atoms with Crippen molar-refractivity contribution in [1.82, 2.24) is 14.7 Å². The number of hydrogen-bond donors (Lipinski definition) is 1. The summed E-state index contributed by atoms with van der Waals surface area (Å²) in [7, 11) is 1.46. The highest BCUT2D eigenvalue weighted by atomic mass is 35.5. The number of rotatable bonds is 3. The molecule has 0 radical (unpaired) electrons. The van der Waals surface area contributed by atoms with Crippen molar-refractivity contribution in [3.63, 3.8) is 0 Å². The summed E-state index contributed by atoms with van der Waals surface area (Å²) >= 11 is 6.03. The highest BCUT2D eigenvalue weighted by Crippen LogP contribution is 2.24. The van der Waals surface area contributed by atoms with Crippen LogP contribution in [0.15, 0.2) is 35.1 Å². The molecule has 2 amide bonds. The third-order valence-electron chi connectivity index (χ3n) is 4.05.